The first-order valence-corrected chi connectivity index (χ1v) is 12.0. The molecule has 0 bridgehead atoms. The number of aliphatic hydroxyl groups excluding tert-OH is 1. The summed E-state index contributed by atoms with van der Waals surface area (Å²) >= 11 is 11.9. The highest BCUT2D eigenvalue weighted by atomic mass is 35.5. The molecule has 3 aromatic rings. The van der Waals surface area contributed by atoms with E-state index < -0.39 is 35.4 Å². The zero-order chi connectivity index (χ0) is 26.0. The summed E-state index contributed by atoms with van der Waals surface area (Å²) in [5, 5.41) is 16.0. The van der Waals surface area contributed by atoms with E-state index in [9.17, 15) is 23.1 Å². The second-order valence-corrected chi connectivity index (χ2v) is 9.34. The van der Waals surface area contributed by atoms with Crippen LogP contribution in [0.25, 0.3) is 10.9 Å². The van der Waals surface area contributed by atoms with E-state index in [0.29, 0.717) is 31.1 Å². The lowest BCUT2D eigenvalue weighted by molar-refractivity contribution is -0.141. The Bertz CT molecular complexity index is 1260. The average Bonchev–Trinajstić information content (AvgIpc) is 3.20. The second-order valence-electron chi connectivity index (χ2n) is 8.49. The minimum absolute atomic E-state index is 0. The van der Waals surface area contributed by atoms with Crippen LogP contribution in [-0.4, -0.2) is 64.7 Å². The fourth-order valence-corrected chi connectivity index (χ4v) is 4.75. The van der Waals surface area contributed by atoms with E-state index in [1.807, 2.05) is 12.1 Å². The van der Waals surface area contributed by atoms with Gasteiger partial charge in [-0.3, -0.25) is 9.69 Å². The van der Waals surface area contributed by atoms with Gasteiger partial charge in [0.15, 0.2) is 5.69 Å². The van der Waals surface area contributed by atoms with Gasteiger partial charge in [0.1, 0.15) is 11.9 Å². The number of aromatic amines is 1. The maximum atomic E-state index is 13.1. The molecule has 14 heteroatoms. The molecule has 0 spiro atoms. The number of hydrogen-bond acceptors (Lipinski definition) is 6. The van der Waals surface area contributed by atoms with Gasteiger partial charge < -0.3 is 26.5 Å². The third-order valence-electron chi connectivity index (χ3n) is 6.15. The lowest BCUT2D eigenvalue weighted by Gasteiger charge is -2.36. The molecule has 0 saturated heterocycles. The van der Waals surface area contributed by atoms with Crippen molar-refractivity contribution < 1.29 is 23.1 Å². The van der Waals surface area contributed by atoms with Gasteiger partial charge in [0.25, 0.3) is 0 Å². The topological polar surface area (TPSA) is 119 Å². The standard InChI is InChI=1S/C23H25Cl2F3N6O2.ClH/c24-12-1-3-17-14(9-12)13-5-7-34(18(20(13)32-17)10-31-22(36)16(29)11-35)8-6-30-19-4-2-15(25)21(33-19)23(26,27)28;/h1-4,9,16,18,32,35H,5-8,10-11,29H2,(H,30,33)(H,31,36);1H/t16-,18?;/m0./s1. The van der Waals surface area contributed by atoms with Crippen molar-refractivity contribution in [3.63, 3.8) is 0 Å². The van der Waals surface area contributed by atoms with Crippen LogP contribution in [0, 0.1) is 0 Å². The highest BCUT2D eigenvalue weighted by Crippen LogP contribution is 2.36. The Hall–Kier alpha value is -2.28. The Morgan fingerprint density at radius 3 is 2.76 bits per heavy atom. The lowest BCUT2D eigenvalue weighted by Crippen LogP contribution is -2.48. The molecule has 0 radical (unpaired) electrons. The zero-order valence-electron chi connectivity index (χ0n) is 19.4. The quantitative estimate of drug-likeness (QED) is 0.276. The molecule has 3 heterocycles. The van der Waals surface area contributed by atoms with Crippen LogP contribution in [0.2, 0.25) is 10.0 Å². The van der Waals surface area contributed by atoms with Crippen molar-refractivity contribution in [2.75, 3.05) is 38.1 Å². The van der Waals surface area contributed by atoms with Gasteiger partial charge in [0.2, 0.25) is 5.91 Å². The summed E-state index contributed by atoms with van der Waals surface area (Å²) in [5.41, 5.74) is 7.41. The number of aliphatic hydroxyl groups is 1. The largest absolute Gasteiger partial charge is 0.434 e. The number of nitrogens with one attached hydrogen (secondary N) is 3. The number of carbonyl (C=O) groups excluding carboxylic acids is 1. The van der Waals surface area contributed by atoms with Crippen LogP contribution >= 0.6 is 35.6 Å². The van der Waals surface area contributed by atoms with Gasteiger partial charge in [0.05, 0.1) is 17.7 Å². The van der Waals surface area contributed by atoms with Gasteiger partial charge >= 0.3 is 6.18 Å². The summed E-state index contributed by atoms with van der Waals surface area (Å²) in [6, 6.07) is 6.82. The lowest BCUT2D eigenvalue weighted by atomic mass is 9.97. The molecule has 6 N–H and O–H groups in total. The van der Waals surface area contributed by atoms with Crippen molar-refractivity contribution in [2.24, 2.45) is 5.73 Å². The monoisotopic (exact) mass is 580 g/mol. The average molecular weight is 582 g/mol. The van der Waals surface area contributed by atoms with Gasteiger partial charge in [0, 0.05) is 47.8 Å². The minimum Gasteiger partial charge on any atom is -0.394 e. The van der Waals surface area contributed by atoms with Crippen molar-refractivity contribution >= 4 is 58.2 Å². The van der Waals surface area contributed by atoms with Crippen LogP contribution < -0.4 is 16.4 Å². The molecule has 1 aliphatic heterocycles. The van der Waals surface area contributed by atoms with E-state index >= 15 is 0 Å². The predicted octanol–water partition coefficient (Wildman–Crippen LogP) is 3.76. The molecule has 1 unspecified atom stereocenters. The number of amides is 1. The smallest absolute Gasteiger partial charge is 0.394 e. The van der Waals surface area contributed by atoms with Gasteiger partial charge in [-0.05, 0) is 42.3 Å². The number of hydrogen-bond donors (Lipinski definition) is 5. The van der Waals surface area contributed by atoms with Crippen LogP contribution in [0.5, 0.6) is 0 Å². The molecular weight excluding hydrogens is 556 g/mol. The number of halogens is 6. The minimum atomic E-state index is -4.66. The van der Waals surface area contributed by atoms with Crippen LogP contribution in [-0.2, 0) is 17.4 Å². The SMILES string of the molecule is Cl.N[C@@H](CO)C(=O)NCC1c2[nH]c3ccc(Cl)cc3c2CCN1CCNc1ccc(Cl)c(C(F)(F)F)n1. The summed E-state index contributed by atoms with van der Waals surface area (Å²) in [7, 11) is 0. The molecule has 0 aliphatic carbocycles. The molecule has 8 nitrogen and oxygen atoms in total. The molecule has 202 valence electrons. The summed E-state index contributed by atoms with van der Waals surface area (Å²) in [6.45, 7) is 1.14. The van der Waals surface area contributed by atoms with E-state index in [0.717, 1.165) is 28.2 Å². The second kappa shape index (κ2) is 12.1. The van der Waals surface area contributed by atoms with Gasteiger partial charge in [-0.25, -0.2) is 4.98 Å². The van der Waals surface area contributed by atoms with Crippen LogP contribution in [0.15, 0.2) is 30.3 Å². The number of nitrogens with two attached hydrogens (primary N) is 1. The van der Waals surface area contributed by atoms with Crippen molar-refractivity contribution in [1.29, 1.82) is 0 Å². The third kappa shape index (κ3) is 6.60. The predicted molar refractivity (Wildman–Crippen MR) is 139 cm³/mol. The summed E-state index contributed by atoms with van der Waals surface area (Å²) in [5.74, 6) is -0.421. The number of alkyl halides is 3. The van der Waals surface area contributed by atoms with Crippen LogP contribution in [0.4, 0.5) is 19.0 Å². The van der Waals surface area contributed by atoms with Crippen molar-refractivity contribution in [3.05, 3.63) is 57.3 Å². The maximum Gasteiger partial charge on any atom is 0.434 e. The Balaban J connectivity index is 0.00000380. The van der Waals surface area contributed by atoms with Gasteiger partial charge in [-0.2, -0.15) is 13.2 Å². The fourth-order valence-electron chi connectivity index (χ4n) is 4.37. The Labute approximate surface area is 227 Å². The third-order valence-corrected chi connectivity index (χ3v) is 6.69. The van der Waals surface area contributed by atoms with Crippen LogP contribution in [0.3, 0.4) is 0 Å². The molecule has 1 aliphatic rings. The number of aromatic nitrogens is 2. The first-order chi connectivity index (χ1) is 17.1. The first kappa shape index (κ1) is 29.3. The Kier molecular flexibility index (Phi) is 9.54. The number of nitrogens with zero attached hydrogens (tertiary/aromatic N) is 2. The number of pyridine rings is 1. The molecular formula is C23H26Cl3F3N6O2. The van der Waals surface area contributed by atoms with Crippen molar-refractivity contribution in [1.82, 2.24) is 20.2 Å². The number of benzene rings is 1. The number of fused-ring (bicyclic) bond motifs is 3. The summed E-state index contributed by atoms with van der Waals surface area (Å²) in [4.78, 5) is 21.4. The maximum absolute atomic E-state index is 13.1. The van der Waals surface area contributed by atoms with Crippen molar-refractivity contribution in [2.45, 2.75) is 24.7 Å². The molecule has 2 atom stereocenters. The van der Waals surface area contributed by atoms with E-state index in [-0.39, 0.29) is 30.8 Å². The van der Waals surface area contributed by atoms with Crippen molar-refractivity contribution in [3.8, 4) is 0 Å². The van der Waals surface area contributed by atoms with Gasteiger partial charge in [-0.15, -0.1) is 12.4 Å². The van der Waals surface area contributed by atoms with E-state index in [1.54, 1.807) is 6.07 Å². The molecule has 0 saturated carbocycles. The van der Waals surface area contributed by atoms with Gasteiger partial charge in [-0.1, -0.05) is 23.2 Å². The number of carbonyl (C=O) groups is 1. The Morgan fingerprint density at radius 1 is 1.30 bits per heavy atom. The normalized spacial score (nSPS) is 16.7. The van der Waals surface area contributed by atoms with E-state index in [4.69, 9.17) is 28.9 Å². The summed E-state index contributed by atoms with van der Waals surface area (Å²) in [6.07, 6.45) is -3.94. The zero-order valence-corrected chi connectivity index (χ0v) is 21.7. The molecule has 1 aromatic carbocycles. The molecule has 4 rings (SSSR count). The number of anilines is 1. The fraction of sp³-hybridized carbons (Fsp3) is 0.391. The van der Waals surface area contributed by atoms with Crippen LogP contribution in [0.1, 0.15) is 23.0 Å². The first-order valence-electron chi connectivity index (χ1n) is 11.2. The number of rotatable bonds is 8. The van der Waals surface area contributed by atoms with E-state index in [2.05, 4.69) is 25.5 Å². The van der Waals surface area contributed by atoms with E-state index in [1.165, 1.54) is 6.07 Å². The molecule has 1 amide bonds. The summed E-state index contributed by atoms with van der Waals surface area (Å²) < 4.78 is 39.4. The molecule has 37 heavy (non-hydrogen) atoms. The molecule has 0 fully saturated rings. The molecule has 2 aromatic heterocycles. The highest BCUT2D eigenvalue weighted by Gasteiger charge is 2.35. The Morgan fingerprint density at radius 2 is 2.05 bits per heavy atom. The highest BCUT2D eigenvalue weighted by molar-refractivity contribution is 6.31. The number of H-pyrrole nitrogens is 1.